The number of aliphatic carboxylic acids is 1. The van der Waals surface area contributed by atoms with Gasteiger partial charge in [0.1, 0.15) is 12.1 Å². The maximum atomic E-state index is 10.4. The van der Waals surface area contributed by atoms with Crippen molar-refractivity contribution in [1.82, 2.24) is 0 Å². The van der Waals surface area contributed by atoms with E-state index in [1.807, 2.05) is 0 Å². The summed E-state index contributed by atoms with van der Waals surface area (Å²) >= 11 is 1.39. The van der Waals surface area contributed by atoms with Gasteiger partial charge in [-0.1, -0.05) is 0 Å². The Bertz CT molecular complexity index is 260. The Balaban J connectivity index is 2.71. The molecule has 2 atom stereocenters. The number of aliphatic hydroxyl groups excluding tert-OH is 1. The molecule has 0 radical (unpaired) electrons. The monoisotopic (exact) mass is 187 g/mol. The molecule has 0 aliphatic rings. The van der Waals surface area contributed by atoms with Crippen molar-refractivity contribution in [3.05, 3.63) is 22.4 Å². The summed E-state index contributed by atoms with van der Waals surface area (Å²) in [5, 5.41) is 21.2. The van der Waals surface area contributed by atoms with Crippen molar-refractivity contribution in [2.45, 2.75) is 12.1 Å². The zero-order valence-corrected chi connectivity index (χ0v) is 6.99. The van der Waals surface area contributed by atoms with E-state index in [0.717, 1.165) is 0 Å². The number of carbonyl (C=O) groups is 1. The third kappa shape index (κ3) is 1.82. The highest BCUT2D eigenvalue weighted by atomic mass is 32.1. The van der Waals surface area contributed by atoms with Gasteiger partial charge in [0.25, 0.3) is 0 Å². The lowest BCUT2D eigenvalue weighted by atomic mass is 10.1. The van der Waals surface area contributed by atoms with Gasteiger partial charge in [-0.15, -0.1) is 0 Å². The van der Waals surface area contributed by atoms with Crippen LogP contribution in [0.25, 0.3) is 0 Å². The maximum Gasteiger partial charge on any atom is 0.323 e. The molecular weight excluding hydrogens is 178 g/mol. The third-order valence-electron chi connectivity index (χ3n) is 1.51. The van der Waals surface area contributed by atoms with Gasteiger partial charge in [0.05, 0.1) is 0 Å². The fourth-order valence-electron chi connectivity index (χ4n) is 0.786. The predicted octanol–water partition coefficient (Wildman–Crippen LogP) is 0.193. The summed E-state index contributed by atoms with van der Waals surface area (Å²) in [7, 11) is 0. The SMILES string of the molecule is N[C@H](C(=O)O)C(O)c1ccsc1. The van der Waals surface area contributed by atoms with E-state index in [2.05, 4.69) is 0 Å². The van der Waals surface area contributed by atoms with Crippen molar-refractivity contribution < 1.29 is 15.0 Å². The largest absolute Gasteiger partial charge is 0.480 e. The fourth-order valence-corrected chi connectivity index (χ4v) is 1.48. The summed E-state index contributed by atoms with van der Waals surface area (Å²) in [4.78, 5) is 10.4. The third-order valence-corrected chi connectivity index (χ3v) is 2.21. The first-order chi connectivity index (χ1) is 5.63. The van der Waals surface area contributed by atoms with Crippen LogP contribution < -0.4 is 5.73 Å². The van der Waals surface area contributed by atoms with Gasteiger partial charge in [-0.05, 0) is 22.4 Å². The first-order valence-corrected chi connectivity index (χ1v) is 4.25. The highest BCUT2D eigenvalue weighted by Crippen LogP contribution is 2.18. The van der Waals surface area contributed by atoms with E-state index in [1.165, 1.54) is 11.3 Å². The normalized spacial score (nSPS) is 15.5. The first-order valence-electron chi connectivity index (χ1n) is 3.31. The Hall–Kier alpha value is -0.910. The van der Waals surface area contributed by atoms with Gasteiger partial charge < -0.3 is 15.9 Å². The van der Waals surface area contributed by atoms with Gasteiger partial charge in [0, 0.05) is 0 Å². The van der Waals surface area contributed by atoms with Crippen molar-refractivity contribution in [2.75, 3.05) is 0 Å². The van der Waals surface area contributed by atoms with Crippen LogP contribution in [0, 0.1) is 0 Å². The molecule has 66 valence electrons. The molecule has 5 heteroatoms. The van der Waals surface area contributed by atoms with E-state index in [9.17, 15) is 9.90 Å². The molecule has 0 fully saturated rings. The van der Waals surface area contributed by atoms with Gasteiger partial charge in [0.2, 0.25) is 0 Å². The average molecular weight is 187 g/mol. The number of hydrogen-bond acceptors (Lipinski definition) is 4. The van der Waals surface area contributed by atoms with Crippen molar-refractivity contribution >= 4 is 17.3 Å². The summed E-state index contributed by atoms with van der Waals surface area (Å²) in [5.41, 5.74) is 5.76. The minimum absolute atomic E-state index is 0.551. The van der Waals surface area contributed by atoms with E-state index in [-0.39, 0.29) is 0 Å². The maximum absolute atomic E-state index is 10.4. The summed E-state index contributed by atoms with van der Waals surface area (Å²) in [6.45, 7) is 0. The van der Waals surface area contributed by atoms with Crippen molar-refractivity contribution in [3.63, 3.8) is 0 Å². The van der Waals surface area contributed by atoms with Crippen LogP contribution in [0.15, 0.2) is 16.8 Å². The molecule has 1 rings (SSSR count). The summed E-state index contributed by atoms with van der Waals surface area (Å²) in [5.74, 6) is -1.20. The van der Waals surface area contributed by atoms with Gasteiger partial charge in [-0.25, -0.2) is 0 Å². The van der Waals surface area contributed by atoms with E-state index in [4.69, 9.17) is 10.8 Å². The van der Waals surface area contributed by atoms with Crippen LogP contribution in [-0.4, -0.2) is 22.2 Å². The van der Waals surface area contributed by atoms with Crippen molar-refractivity contribution in [3.8, 4) is 0 Å². The summed E-state index contributed by atoms with van der Waals surface area (Å²) in [6.07, 6.45) is -1.12. The van der Waals surface area contributed by atoms with E-state index < -0.39 is 18.1 Å². The Labute approximate surface area is 73.3 Å². The lowest BCUT2D eigenvalue weighted by Crippen LogP contribution is -2.36. The van der Waals surface area contributed by atoms with Crippen molar-refractivity contribution in [2.24, 2.45) is 5.73 Å². The van der Waals surface area contributed by atoms with Crippen LogP contribution in [0.5, 0.6) is 0 Å². The Morgan fingerprint density at radius 3 is 2.75 bits per heavy atom. The second-order valence-corrected chi connectivity index (χ2v) is 3.15. The van der Waals surface area contributed by atoms with E-state index in [1.54, 1.807) is 16.8 Å². The molecule has 1 heterocycles. The zero-order valence-electron chi connectivity index (χ0n) is 6.18. The van der Waals surface area contributed by atoms with Crippen LogP contribution >= 0.6 is 11.3 Å². The van der Waals surface area contributed by atoms with Crippen LogP contribution in [0.4, 0.5) is 0 Å². The first kappa shape index (κ1) is 9.18. The van der Waals surface area contributed by atoms with Crippen LogP contribution in [-0.2, 0) is 4.79 Å². The van der Waals surface area contributed by atoms with Crippen LogP contribution in [0.3, 0.4) is 0 Å². The molecule has 0 bridgehead atoms. The zero-order chi connectivity index (χ0) is 9.14. The Kier molecular flexibility index (Phi) is 2.80. The van der Waals surface area contributed by atoms with Crippen LogP contribution in [0.2, 0.25) is 0 Å². The quantitative estimate of drug-likeness (QED) is 0.631. The minimum Gasteiger partial charge on any atom is -0.480 e. The van der Waals surface area contributed by atoms with E-state index >= 15 is 0 Å². The number of nitrogens with two attached hydrogens (primary N) is 1. The molecule has 0 amide bonds. The number of thiophene rings is 1. The number of hydrogen-bond donors (Lipinski definition) is 3. The van der Waals surface area contributed by atoms with Gasteiger partial charge in [-0.2, -0.15) is 11.3 Å². The molecule has 1 aromatic rings. The molecular formula is C7H9NO3S. The van der Waals surface area contributed by atoms with E-state index in [0.29, 0.717) is 5.56 Å². The standard InChI is InChI=1S/C7H9NO3S/c8-5(7(10)11)6(9)4-1-2-12-3-4/h1-3,5-6,9H,8H2,(H,10,11)/t5-,6?/m0/s1. The van der Waals surface area contributed by atoms with Gasteiger partial charge >= 0.3 is 5.97 Å². The predicted molar refractivity (Wildman–Crippen MR) is 44.9 cm³/mol. The average Bonchev–Trinajstić information content (AvgIpc) is 2.53. The molecule has 4 N–H and O–H groups in total. The Morgan fingerprint density at radius 1 is 1.67 bits per heavy atom. The molecule has 12 heavy (non-hydrogen) atoms. The van der Waals surface area contributed by atoms with Gasteiger partial charge in [-0.3, -0.25) is 4.79 Å². The number of rotatable bonds is 3. The summed E-state index contributed by atoms with van der Waals surface area (Å²) in [6, 6.07) is 0.401. The molecule has 0 aromatic carbocycles. The second kappa shape index (κ2) is 3.66. The number of aliphatic hydroxyl groups is 1. The molecule has 1 unspecified atom stereocenters. The highest BCUT2D eigenvalue weighted by Gasteiger charge is 2.23. The Morgan fingerprint density at radius 2 is 2.33 bits per heavy atom. The highest BCUT2D eigenvalue weighted by molar-refractivity contribution is 7.07. The topological polar surface area (TPSA) is 83.6 Å². The van der Waals surface area contributed by atoms with Crippen LogP contribution in [0.1, 0.15) is 11.7 Å². The molecule has 0 saturated heterocycles. The molecule has 1 aromatic heterocycles. The van der Waals surface area contributed by atoms with Gasteiger partial charge in [0.15, 0.2) is 0 Å². The molecule has 0 spiro atoms. The fraction of sp³-hybridized carbons (Fsp3) is 0.286. The molecule has 0 aliphatic heterocycles. The second-order valence-electron chi connectivity index (χ2n) is 2.37. The summed E-state index contributed by atoms with van der Waals surface area (Å²) < 4.78 is 0. The molecule has 0 aliphatic carbocycles. The minimum atomic E-state index is -1.25. The number of carboxylic acid groups (broad SMARTS) is 1. The smallest absolute Gasteiger partial charge is 0.323 e. The lowest BCUT2D eigenvalue weighted by Gasteiger charge is -2.12. The molecule has 4 nitrogen and oxygen atoms in total. The lowest BCUT2D eigenvalue weighted by molar-refractivity contribution is -0.141. The number of carboxylic acids is 1. The molecule has 0 saturated carbocycles. The van der Waals surface area contributed by atoms with Crippen molar-refractivity contribution in [1.29, 1.82) is 0 Å².